The van der Waals surface area contributed by atoms with E-state index in [0.717, 1.165) is 18.6 Å². The standard InChI is InChI=1S/C15H23N3O4S/c1-23(20,21)18-8-6-16(7-9-18)15(19)12-17(13-4-5-13)11-14-3-2-10-22-14/h2-3,10,13H,4-9,11-12H2,1H3. The van der Waals surface area contributed by atoms with Crippen molar-refractivity contribution in [3.05, 3.63) is 24.2 Å². The zero-order valence-electron chi connectivity index (χ0n) is 13.3. The van der Waals surface area contributed by atoms with Crippen LogP contribution in [0.25, 0.3) is 0 Å². The average Bonchev–Trinajstić information content (AvgIpc) is 3.24. The summed E-state index contributed by atoms with van der Waals surface area (Å²) in [7, 11) is -3.16. The van der Waals surface area contributed by atoms with Crippen molar-refractivity contribution >= 4 is 15.9 Å². The van der Waals surface area contributed by atoms with Crippen LogP contribution in [0.4, 0.5) is 0 Å². The molecular formula is C15H23N3O4S. The van der Waals surface area contributed by atoms with Crippen LogP contribution in [0.3, 0.4) is 0 Å². The first kappa shape index (κ1) is 16.5. The summed E-state index contributed by atoms with van der Waals surface area (Å²) in [6.45, 7) is 2.70. The molecule has 128 valence electrons. The van der Waals surface area contributed by atoms with Crippen LogP contribution < -0.4 is 0 Å². The second-order valence-electron chi connectivity index (χ2n) is 6.26. The van der Waals surface area contributed by atoms with Gasteiger partial charge in [-0.05, 0) is 25.0 Å². The predicted octanol–water partition coefficient (Wildman–Crippen LogP) is 0.348. The fraction of sp³-hybridized carbons (Fsp3) is 0.667. The molecule has 3 rings (SSSR count). The van der Waals surface area contributed by atoms with Crippen LogP contribution in [0.5, 0.6) is 0 Å². The molecule has 1 aliphatic heterocycles. The second kappa shape index (κ2) is 6.62. The van der Waals surface area contributed by atoms with Gasteiger partial charge in [-0.25, -0.2) is 8.42 Å². The van der Waals surface area contributed by atoms with E-state index in [1.807, 2.05) is 12.1 Å². The number of piperazine rings is 1. The Balaban J connectivity index is 1.53. The van der Waals surface area contributed by atoms with Crippen LogP contribution in [0.1, 0.15) is 18.6 Å². The molecule has 0 spiro atoms. The molecule has 0 unspecified atom stereocenters. The molecule has 0 N–H and O–H groups in total. The Bertz CT molecular complexity index is 632. The number of carbonyl (C=O) groups excluding carboxylic acids is 1. The topological polar surface area (TPSA) is 74.1 Å². The Kier molecular flexibility index (Phi) is 4.74. The number of amides is 1. The molecule has 1 aromatic heterocycles. The summed E-state index contributed by atoms with van der Waals surface area (Å²) in [4.78, 5) is 16.4. The summed E-state index contributed by atoms with van der Waals surface area (Å²) in [6.07, 6.45) is 5.10. The molecule has 0 radical (unpaired) electrons. The van der Waals surface area contributed by atoms with Gasteiger partial charge < -0.3 is 9.32 Å². The summed E-state index contributed by atoms with van der Waals surface area (Å²) in [5, 5.41) is 0. The summed E-state index contributed by atoms with van der Waals surface area (Å²) in [6, 6.07) is 4.23. The van der Waals surface area contributed by atoms with Gasteiger partial charge in [0, 0.05) is 32.2 Å². The van der Waals surface area contributed by atoms with Gasteiger partial charge in [0.1, 0.15) is 5.76 Å². The van der Waals surface area contributed by atoms with Gasteiger partial charge in [-0.15, -0.1) is 0 Å². The van der Waals surface area contributed by atoms with Crippen molar-refractivity contribution in [2.24, 2.45) is 0 Å². The van der Waals surface area contributed by atoms with E-state index in [2.05, 4.69) is 4.90 Å². The summed E-state index contributed by atoms with van der Waals surface area (Å²) in [5.74, 6) is 0.934. The third-order valence-electron chi connectivity index (χ3n) is 4.40. The monoisotopic (exact) mass is 341 g/mol. The molecule has 1 aliphatic carbocycles. The molecule has 1 saturated heterocycles. The van der Waals surface area contributed by atoms with E-state index in [0.29, 0.717) is 45.3 Å². The van der Waals surface area contributed by atoms with E-state index in [4.69, 9.17) is 4.42 Å². The van der Waals surface area contributed by atoms with Crippen LogP contribution in [0.15, 0.2) is 22.8 Å². The van der Waals surface area contributed by atoms with Crippen molar-refractivity contribution in [2.75, 3.05) is 39.0 Å². The maximum Gasteiger partial charge on any atom is 0.236 e. The molecule has 1 aromatic rings. The minimum absolute atomic E-state index is 0.0663. The number of sulfonamides is 1. The van der Waals surface area contributed by atoms with E-state index in [1.165, 1.54) is 10.6 Å². The Morgan fingerprint density at radius 3 is 2.52 bits per heavy atom. The highest BCUT2D eigenvalue weighted by molar-refractivity contribution is 7.88. The minimum atomic E-state index is -3.16. The van der Waals surface area contributed by atoms with Gasteiger partial charge >= 0.3 is 0 Å². The first-order valence-corrected chi connectivity index (χ1v) is 9.77. The number of nitrogens with zero attached hydrogens (tertiary/aromatic N) is 3. The molecule has 7 nitrogen and oxygen atoms in total. The van der Waals surface area contributed by atoms with Gasteiger partial charge in [0.2, 0.25) is 15.9 Å². The smallest absolute Gasteiger partial charge is 0.236 e. The van der Waals surface area contributed by atoms with Crippen molar-refractivity contribution in [1.82, 2.24) is 14.1 Å². The quantitative estimate of drug-likeness (QED) is 0.746. The largest absolute Gasteiger partial charge is 0.468 e. The van der Waals surface area contributed by atoms with E-state index < -0.39 is 10.0 Å². The van der Waals surface area contributed by atoms with Crippen molar-refractivity contribution in [2.45, 2.75) is 25.4 Å². The van der Waals surface area contributed by atoms with Crippen molar-refractivity contribution in [1.29, 1.82) is 0 Å². The van der Waals surface area contributed by atoms with Crippen LogP contribution in [-0.2, 0) is 21.4 Å². The van der Waals surface area contributed by atoms with Gasteiger partial charge in [-0.3, -0.25) is 9.69 Å². The van der Waals surface area contributed by atoms with Gasteiger partial charge in [0.05, 0.1) is 25.6 Å². The SMILES string of the molecule is CS(=O)(=O)N1CCN(C(=O)CN(Cc2ccco2)C2CC2)CC1. The second-order valence-corrected chi connectivity index (χ2v) is 8.24. The molecule has 0 atom stereocenters. The number of hydrogen-bond donors (Lipinski definition) is 0. The number of furan rings is 1. The van der Waals surface area contributed by atoms with Crippen LogP contribution in [-0.4, -0.2) is 73.5 Å². The molecule has 23 heavy (non-hydrogen) atoms. The molecule has 2 fully saturated rings. The van der Waals surface area contributed by atoms with E-state index >= 15 is 0 Å². The van der Waals surface area contributed by atoms with Gasteiger partial charge in [0.25, 0.3) is 0 Å². The molecule has 1 saturated carbocycles. The van der Waals surface area contributed by atoms with Crippen LogP contribution in [0, 0.1) is 0 Å². The molecule has 0 bridgehead atoms. The predicted molar refractivity (Wildman–Crippen MR) is 85.1 cm³/mol. The lowest BCUT2D eigenvalue weighted by molar-refractivity contribution is -0.134. The lowest BCUT2D eigenvalue weighted by Gasteiger charge is -2.34. The maximum atomic E-state index is 12.5. The summed E-state index contributed by atoms with van der Waals surface area (Å²) < 4.78 is 29.8. The normalized spacial score (nSPS) is 20.2. The molecule has 0 aromatic carbocycles. The van der Waals surface area contributed by atoms with Crippen molar-refractivity contribution in [3.8, 4) is 0 Å². The van der Waals surface area contributed by atoms with Gasteiger partial charge in [0.15, 0.2) is 0 Å². The molecule has 1 amide bonds. The third-order valence-corrected chi connectivity index (χ3v) is 5.70. The molecule has 2 heterocycles. The molecule has 8 heteroatoms. The fourth-order valence-corrected chi connectivity index (χ4v) is 3.73. The maximum absolute atomic E-state index is 12.5. The van der Waals surface area contributed by atoms with Crippen molar-refractivity contribution < 1.29 is 17.6 Å². The number of hydrogen-bond acceptors (Lipinski definition) is 5. The number of rotatable bonds is 6. The van der Waals surface area contributed by atoms with Crippen LogP contribution >= 0.6 is 0 Å². The summed E-state index contributed by atoms with van der Waals surface area (Å²) >= 11 is 0. The highest BCUT2D eigenvalue weighted by Gasteiger charge is 2.33. The highest BCUT2D eigenvalue weighted by Crippen LogP contribution is 2.28. The fourth-order valence-electron chi connectivity index (χ4n) is 2.90. The highest BCUT2D eigenvalue weighted by atomic mass is 32.2. The Morgan fingerprint density at radius 2 is 2.00 bits per heavy atom. The Hall–Kier alpha value is -1.38. The Labute approximate surface area is 136 Å². The first-order valence-electron chi connectivity index (χ1n) is 7.93. The van der Waals surface area contributed by atoms with Gasteiger partial charge in [-0.1, -0.05) is 0 Å². The zero-order valence-corrected chi connectivity index (χ0v) is 14.2. The van der Waals surface area contributed by atoms with Crippen LogP contribution in [0.2, 0.25) is 0 Å². The number of carbonyl (C=O) groups is 1. The summed E-state index contributed by atoms with van der Waals surface area (Å²) in [5.41, 5.74) is 0. The lowest BCUT2D eigenvalue weighted by Crippen LogP contribution is -2.52. The van der Waals surface area contributed by atoms with E-state index in [-0.39, 0.29) is 5.91 Å². The first-order chi connectivity index (χ1) is 10.9. The van der Waals surface area contributed by atoms with E-state index in [9.17, 15) is 13.2 Å². The van der Waals surface area contributed by atoms with Gasteiger partial charge in [-0.2, -0.15) is 4.31 Å². The minimum Gasteiger partial charge on any atom is -0.468 e. The van der Waals surface area contributed by atoms with E-state index in [1.54, 1.807) is 11.2 Å². The Morgan fingerprint density at radius 1 is 1.30 bits per heavy atom. The third kappa shape index (κ3) is 4.33. The van der Waals surface area contributed by atoms with Crippen molar-refractivity contribution in [3.63, 3.8) is 0 Å². The average molecular weight is 341 g/mol. The molecule has 2 aliphatic rings. The zero-order chi connectivity index (χ0) is 16.4. The lowest BCUT2D eigenvalue weighted by atomic mass is 10.3. The molecular weight excluding hydrogens is 318 g/mol.